The van der Waals surface area contributed by atoms with Crippen molar-refractivity contribution in [3.05, 3.63) is 11.7 Å². The molecule has 0 amide bonds. The maximum Gasteiger partial charge on any atom is 0.140 e. The molecule has 4 heteroatoms. The Morgan fingerprint density at radius 3 is 2.50 bits per heavy atom. The molecule has 3 nitrogen and oxygen atoms in total. The second-order valence-corrected chi connectivity index (χ2v) is 2.26. The van der Waals surface area contributed by atoms with Crippen LogP contribution in [0.5, 0.6) is 0 Å². The highest BCUT2D eigenvalue weighted by molar-refractivity contribution is 6.21. The molecule has 2 radical (unpaired) electrons. The Balaban J connectivity index is 2.78. The summed E-state index contributed by atoms with van der Waals surface area (Å²) in [6.45, 7) is 0. The minimum Gasteiger partial charge on any atom is -0.323 e. The lowest BCUT2D eigenvalue weighted by molar-refractivity contribution is 0.0888. The Morgan fingerprint density at radius 1 is 1.70 bits per heavy atom. The summed E-state index contributed by atoms with van der Waals surface area (Å²) in [5.74, 6) is 0. The molecular weight excluding hydrogens is 125 g/mol. The third kappa shape index (κ3) is 0.889. The summed E-state index contributed by atoms with van der Waals surface area (Å²) in [5, 5.41) is 12.1. The van der Waals surface area contributed by atoms with Crippen LogP contribution in [-0.2, 0) is 0 Å². The molecule has 0 N–H and O–H groups in total. The first-order chi connectivity index (χ1) is 4.66. The van der Waals surface area contributed by atoms with Crippen molar-refractivity contribution in [2.24, 2.45) is 0 Å². The van der Waals surface area contributed by atoms with E-state index in [1.807, 2.05) is 14.1 Å². The number of likely N-dealkylation sites (N-methyl/N-ethyl adjacent to an activating group) is 1. The summed E-state index contributed by atoms with van der Waals surface area (Å²) in [4.78, 5) is 0. The van der Waals surface area contributed by atoms with Gasteiger partial charge >= 0.3 is 0 Å². The maximum atomic E-state index is 8.55. The van der Waals surface area contributed by atoms with Crippen molar-refractivity contribution in [1.29, 1.82) is 5.26 Å². The van der Waals surface area contributed by atoms with E-state index in [9.17, 15) is 0 Å². The van der Waals surface area contributed by atoms with E-state index >= 15 is 0 Å². The van der Waals surface area contributed by atoms with Crippen LogP contribution in [-0.4, -0.2) is 38.0 Å². The summed E-state index contributed by atoms with van der Waals surface area (Å²) in [6.07, 6.45) is 1.72. The van der Waals surface area contributed by atoms with Crippen LogP contribution in [0.25, 0.3) is 0 Å². The van der Waals surface area contributed by atoms with Gasteiger partial charge in [-0.2, -0.15) is 5.26 Å². The van der Waals surface area contributed by atoms with Crippen molar-refractivity contribution in [2.45, 2.75) is 6.04 Å². The van der Waals surface area contributed by atoms with Gasteiger partial charge in [0.2, 0.25) is 0 Å². The van der Waals surface area contributed by atoms with Gasteiger partial charge in [-0.05, 0) is 11.7 Å². The Kier molecular flexibility index (Phi) is 1.69. The molecule has 0 aromatic rings. The highest BCUT2D eigenvalue weighted by Gasteiger charge is 2.22. The second kappa shape index (κ2) is 2.35. The third-order valence-electron chi connectivity index (χ3n) is 1.71. The molecule has 0 bridgehead atoms. The van der Waals surface area contributed by atoms with E-state index in [0.717, 1.165) is 0 Å². The van der Waals surface area contributed by atoms with Crippen molar-refractivity contribution in [3.8, 4) is 6.07 Å². The van der Waals surface area contributed by atoms with Gasteiger partial charge in [0.05, 0.1) is 6.07 Å². The molecule has 1 aliphatic heterocycles. The predicted molar refractivity (Wildman–Crippen MR) is 38.8 cm³/mol. The van der Waals surface area contributed by atoms with E-state index in [-0.39, 0.29) is 6.04 Å². The molecule has 0 spiro atoms. The number of hydrazine groups is 1. The van der Waals surface area contributed by atoms with Crippen molar-refractivity contribution in [2.75, 3.05) is 14.1 Å². The number of hydrogen-bond acceptors (Lipinski definition) is 3. The van der Waals surface area contributed by atoms with Crippen LogP contribution in [0.1, 0.15) is 0 Å². The molecule has 10 heavy (non-hydrogen) atoms. The molecule has 1 atom stereocenters. The average molecular weight is 133 g/mol. The Hall–Kier alpha value is -0.945. The van der Waals surface area contributed by atoms with Gasteiger partial charge < -0.3 is 5.01 Å². The smallest absolute Gasteiger partial charge is 0.140 e. The Bertz CT molecular complexity index is 206. The van der Waals surface area contributed by atoms with Gasteiger partial charge in [0.15, 0.2) is 0 Å². The normalized spacial score (nSPS) is 26.3. The predicted octanol–water partition coefficient (Wildman–Crippen LogP) is -0.319. The number of nitrogens with zero attached hydrogens (tertiary/aromatic N) is 3. The van der Waals surface area contributed by atoms with Crippen molar-refractivity contribution >= 4 is 7.85 Å². The summed E-state index contributed by atoms with van der Waals surface area (Å²) in [6, 6.07) is 1.90. The van der Waals surface area contributed by atoms with Crippen molar-refractivity contribution in [1.82, 2.24) is 10.0 Å². The molecule has 0 saturated heterocycles. The molecule has 1 heterocycles. The van der Waals surface area contributed by atoms with Gasteiger partial charge in [-0.3, -0.25) is 0 Å². The van der Waals surface area contributed by atoms with Crippen LogP contribution in [0.15, 0.2) is 11.7 Å². The largest absolute Gasteiger partial charge is 0.323 e. The summed E-state index contributed by atoms with van der Waals surface area (Å²) in [7, 11) is 9.18. The van der Waals surface area contributed by atoms with E-state index in [0.29, 0.717) is 5.60 Å². The van der Waals surface area contributed by atoms with E-state index in [1.54, 1.807) is 16.1 Å². The molecule has 0 aromatic carbocycles. The average Bonchev–Trinajstić information content (AvgIpc) is 2.17. The fourth-order valence-electron chi connectivity index (χ4n) is 0.867. The van der Waals surface area contributed by atoms with Gasteiger partial charge in [0, 0.05) is 14.1 Å². The van der Waals surface area contributed by atoms with Gasteiger partial charge in [-0.15, -0.1) is 0 Å². The van der Waals surface area contributed by atoms with Crippen LogP contribution in [0.4, 0.5) is 0 Å². The minimum atomic E-state index is -0.204. The lowest BCUT2D eigenvalue weighted by Crippen LogP contribution is -2.35. The van der Waals surface area contributed by atoms with E-state index in [4.69, 9.17) is 13.1 Å². The third-order valence-corrected chi connectivity index (χ3v) is 1.71. The molecular formula is C6H8BN3. The molecule has 0 fully saturated rings. The van der Waals surface area contributed by atoms with Crippen LogP contribution in [0.2, 0.25) is 0 Å². The standard InChI is InChI=1S/C6H8BN3/c1-9-5(4-8)3-6(7)10(9)2/h3,5H,1-2H3. The highest BCUT2D eigenvalue weighted by atomic mass is 15.6. The molecule has 1 rings (SSSR count). The van der Waals surface area contributed by atoms with Gasteiger partial charge in [-0.1, -0.05) is 0 Å². The fourth-order valence-corrected chi connectivity index (χ4v) is 0.867. The molecule has 0 saturated carbocycles. The van der Waals surface area contributed by atoms with Crippen LogP contribution < -0.4 is 0 Å². The van der Waals surface area contributed by atoms with E-state index < -0.39 is 0 Å². The number of nitriles is 1. The zero-order valence-electron chi connectivity index (χ0n) is 6.07. The minimum absolute atomic E-state index is 0.204. The Morgan fingerprint density at radius 2 is 2.30 bits per heavy atom. The quantitative estimate of drug-likeness (QED) is 0.424. The monoisotopic (exact) mass is 133 g/mol. The zero-order chi connectivity index (χ0) is 7.72. The highest BCUT2D eigenvalue weighted by Crippen LogP contribution is 2.14. The second-order valence-electron chi connectivity index (χ2n) is 2.26. The lowest BCUT2D eigenvalue weighted by Gasteiger charge is -2.25. The summed E-state index contributed by atoms with van der Waals surface area (Å²) >= 11 is 0. The number of hydrogen-bond donors (Lipinski definition) is 0. The van der Waals surface area contributed by atoms with Crippen molar-refractivity contribution < 1.29 is 0 Å². The first-order valence-corrected chi connectivity index (χ1v) is 3.00. The van der Waals surface area contributed by atoms with Crippen molar-refractivity contribution in [3.63, 3.8) is 0 Å². The van der Waals surface area contributed by atoms with Gasteiger partial charge in [-0.25, -0.2) is 5.01 Å². The van der Waals surface area contributed by atoms with Gasteiger partial charge in [0.1, 0.15) is 13.9 Å². The van der Waals surface area contributed by atoms with Gasteiger partial charge in [0.25, 0.3) is 0 Å². The molecule has 0 aliphatic carbocycles. The van der Waals surface area contributed by atoms with E-state index in [2.05, 4.69) is 6.07 Å². The topological polar surface area (TPSA) is 30.3 Å². The SMILES string of the molecule is [B]C1=CC(C#N)N(C)N1C. The molecule has 1 unspecified atom stereocenters. The van der Waals surface area contributed by atoms with E-state index in [1.165, 1.54) is 0 Å². The zero-order valence-corrected chi connectivity index (χ0v) is 6.07. The fraction of sp³-hybridized carbons (Fsp3) is 0.500. The first-order valence-electron chi connectivity index (χ1n) is 3.00. The lowest BCUT2D eigenvalue weighted by atomic mass is 10.0. The van der Waals surface area contributed by atoms with Crippen LogP contribution >= 0.6 is 0 Å². The Labute approximate surface area is 61.9 Å². The molecule has 1 aliphatic rings. The van der Waals surface area contributed by atoms with Crippen LogP contribution in [0.3, 0.4) is 0 Å². The molecule has 0 aromatic heterocycles. The summed E-state index contributed by atoms with van der Waals surface area (Å²) < 4.78 is 0. The number of rotatable bonds is 0. The maximum absolute atomic E-state index is 8.55. The van der Waals surface area contributed by atoms with Crippen LogP contribution in [0, 0.1) is 11.3 Å². The first kappa shape index (κ1) is 7.17. The molecule has 50 valence electrons. The summed E-state index contributed by atoms with van der Waals surface area (Å²) in [5.41, 5.74) is 0.633.